The van der Waals surface area contributed by atoms with Crippen LogP contribution in [-0.2, 0) is 4.79 Å². The van der Waals surface area contributed by atoms with Gasteiger partial charge in [0.2, 0.25) is 0 Å². The summed E-state index contributed by atoms with van der Waals surface area (Å²) in [6.45, 7) is 4.79. The minimum atomic E-state index is -0.861. The Kier molecular flexibility index (Phi) is 3.60. The average Bonchev–Trinajstić information content (AvgIpc) is 2.35. The van der Waals surface area contributed by atoms with Crippen LogP contribution in [0, 0.1) is 5.92 Å². The van der Waals surface area contributed by atoms with Gasteiger partial charge < -0.3 is 19.9 Å². The van der Waals surface area contributed by atoms with E-state index in [-0.39, 0.29) is 5.92 Å². The van der Waals surface area contributed by atoms with Crippen LogP contribution in [0.5, 0.6) is 11.5 Å². The molecule has 1 aromatic rings. The number of ether oxygens (including phenoxy) is 2. The molecule has 5 nitrogen and oxygen atoms in total. The molecule has 1 heterocycles. The quantitative estimate of drug-likeness (QED) is 0.856. The monoisotopic (exact) mass is 251 g/mol. The number of nitrogens with one attached hydrogen (secondary N) is 1. The summed E-state index contributed by atoms with van der Waals surface area (Å²) >= 11 is 0. The minimum absolute atomic E-state index is 0.00398. The van der Waals surface area contributed by atoms with Crippen molar-refractivity contribution in [3.63, 3.8) is 0 Å². The molecule has 1 unspecified atom stereocenters. The van der Waals surface area contributed by atoms with Gasteiger partial charge >= 0.3 is 5.97 Å². The van der Waals surface area contributed by atoms with Crippen molar-refractivity contribution in [3.8, 4) is 11.5 Å². The number of hydrogen-bond donors (Lipinski definition) is 2. The third-order valence-corrected chi connectivity index (χ3v) is 2.80. The van der Waals surface area contributed by atoms with Gasteiger partial charge in [-0.25, -0.2) is 4.79 Å². The number of carboxylic acids is 1. The largest absolute Gasteiger partial charge is 0.486 e. The first kappa shape index (κ1) is 12.5. The summed E-state index contributed by atoms with van der Waals surface area (Å²) in [5.41, 5.74) is 0.723. The van der Waals surface area contributed by atoms with Crippen molar-refractivity contribution in [2.45, 2.75) is 19.9 Å². The van der Waals surface area contributed by atoms with Crippen LogP contribution in [0.2, 0.25) is 0 Å². The lowest BCUT2D eigenvalue weighted by atomic mass is 10.0. The van der Waals surface area contributed by atoms with Crippen LogP contribution in [0.4, 0.5) is 5.69 Å². The van der Waals surface area contributed by atoms with Gasteiger partial charge in [-0.15, -0.1) is 0 Å². The van der Waals surface area contributed by atoms with E-state index < -0.39 is 12.0 Å². The van der Waals surface area contributed by atoms with E-state index in [0.29, 0.717) is 24.7 Å². The maximum atomic E-state index is 11.1. The molecule has 98 valence electrons. The molecule has 5 heteroatoms. The molecule has 0 fully saturated rings. The Labute approximate surface area is 106 Å². The van der Waals surface area contributed by atoms with Gasteiger partial charge in [-0.2, -0.15) is 0 Å². The number of anilines is 1. The van der Waals surface area contributed by atoms with Crippen LogP contribution in [0.3, 0.4) is 0 Å². The molecule has 1 aliphatic heterocycles. The third-order valence-electron chi connectivity index (χ3n) is 2.80. The summed E-state index contributed by atoms with van der Waals surface area (Å²) in [5.74, 6) is 0.484. The Morgan fingerprint density at radius 1 is 1.28 bits per heavy atom. The molecule has 1 atom stereocenters. The van der Waals surface area contributed by atoms with E-state index in [1.54, 1.807) is 18.2 Å². The Balaban J connectivity index is 2.16. The summed E-state index contributed by atoms with van der Waals surface area (Å²) in [4.78, 5) is 11.1. The summed E-state index contributed by atoms with van der Waals surface area (Å²) in [6.07, 6.45) is 0. The highest BCUT2D eigenvalue weighted by atomic mass is 16.6. The van der Waals surface area contributed by atoms with Gasteiger partial charge in [0.05, 0.1) is 0 Å². The normalized spacial score (nSPS) is 15.3. The molecular weight excluding hydrogens is 234 g/mol. The van der Waals surface area contributed by atoms with Crippen LogP contribution in [0.25, 0.3) is 0 Å². The molecule has 2 N–H and O–H groups in total. The Hall–Kier alpha value is -1.91. The fourth-order valence-electron chi connectivity index (χ4n) is 1.83. The molecule has 0 spiro atoms. The standard InChI is InChI=1S/C13H17NO4/c1-8(2)12(13(15)16)14-9-3-4-10-11(7-9)18-6-5-17-10/h3-4,7-8,12,14H,5-6H2,1-2H3,(H,15,16). The van der Waals surface area contributed by atoms with Crippen molar-refractivity contribution in [1.29, 1.82) is 0 Å². The number of hydrogen-bond acceptors (Lipinski definition) is 4. The molecule has 18 heavy (non-hydrogen) atoms. The number of benzene rings is 1. The molecule has 0 amide bonds. The smallest absolute Gasteiger partial charge is 0.326 e. The van der Waals surface area contributed by atoms with E-state index >= 15 is 0 Å². The summed E-state index contributed by atoms with van der Waals surface area (Å²) in [5, 5.41) is 12.1. The number of carbonyl (C=O) groups is 1. The second-order valence-electron chi connectivity index (χ2n) is 4.56. The van der Waals surface area contributed by atoms with E-state index in [4.69, 9.17) is 14.6 Å². The van der Waals surface area contributed by atoms with Gasteiger partial charge in [0.15, 0.2) is 11.5 Å². The predicted octanol–water partition coefficient (Wildman–Crippen LogP) is 1.98. The van der Waals surface area contributed by atoms with E-state index in [1.807, 2.05) is 13.8 Å². The highest BCUT2D eigenvalue weighted by Crippen LogP contribution is 2.33. The molecule has 2 rings (SSSR count). The number of aliphatic carboxylic acids is 1. The maximum Gasteiger partial charge on any atom is 0.326 e. The first-order valence-corrected chi connectivity index (χ1v) is 5.97. The topological polar surface area (TPSA) is 67.8 Å². The van der Waals surface area contributed by atoms with Gasteiger partial charge in [-0.1, -0.05) is 13.8 Å². The highest BCUT2D eigenvalue weighted by molar-refractivity contribution is 5.78. The lowest BCUT2D eigenvalue weighted by Gasteiger charge is -2.22. The SMILES string of the molecule is CC(C)C(Nc1ccc2c(c1)OCCO2)C(=O)O. The summed E-state index contributed by atoms with van der Waals surface area (Å²) in [6, 6.07) is 4.74. The Bertz CT molecular complexity index is 445. The van der Waals surface area contributed by atoms with E-state index in [9.17, 15) is 4.79 Å². The number of carboxylic acid groups (broad SMARTS) is 1. The molecule has 0 radical (unpaired) electrons. The molecule has 0 aliphatic carbocycles. The van der Waals surface area contributed by atoms with Crippen molar-refractivity contribution in [2.75, 3.05) is 18.5 Å². The predicted molar refractivity (Wildman–Crippen MR) is 67.3 cm³/mol. The summed E-state index contributed by atoms with van der Waals surface area (Å²) < 4.78 is 10.9. The van der Waals surface area contributed by atoms with Gasteiger partial charge in [0.1, 0.15) is 19.3 Å². The lowest BCUT2D eigenvalue weighted by Crippen LogP contribution is -2.34. The first-order chi connectivity index (χ1) is 8.58. The van der Waals surface area contributed by atoms with E-state index in [1.165, 1.54) is 0 Å². The van der Waals surface area contributed by atoms with Crippen LogP contribution in [-0.4, -0.2) is 30.3 Å². The van der Waals surface area contributed by atoms with Crippen molar-refractivity contribution in [1.82, 2.24) is 0 Å². The lowest BCUT2D eigenvalue weighted by molar-refractivity contribution is -0.138. The minimum Gasteiger partial charge on any atom is -0.486 e. The van der Waals surface area contributed by atoms with Gasteiger partial charge in [0, 0.05) is 11.8 Å². The number of rotatable bonds is 4. The number of fused-ring (bicyclic) bond motifs is 1. The molecule has 0 saturated heterocycles. The molecule has 0 aromatic heterocycles. The zero-order valence-electron chi connectivity index (χ0n) is 10.5. The average molecular weight is 251 g/mol. The molecule has 0 bridgehead atoms. The molecular formula is C13H17NO4. The molecule has 0 saturated carbocycles. The van der Waals surface area contributed by atoms with E-state index in [2.05, 4.69) is 5.32 Å². The second kappa shape index (κ2) is 5.16. The molecule has 1 aliphatic rings. The Morgan fingerprint density at radius 2 is 1.94 bits per heavy atom. The van der Waals surface area contributed by atoms with E-state index in [0.717, 1.165) is 5.69 Å². The van der Waals surface area contributed by atoms with Crippen molar-refractivity contribution < 1.29 is 19.4 Å². The van der Waals surface area contributed by atoms with Crippen LogP contribution in [0.15, 0.2) is 18.2 Å². The first-order valence-electron chi connectivity index (χ1n) is 5.97. The fraction of sp³-hybridized carbons (Fsp3) is 0.462. The summed E-state index contributed by atoms with van der Waals surface area (Å²) in [7, 11) is 0. The zero-order chi connectivity index (χ0) is 13.1. The highest BCUT2D eigenvalue weighted by Gasteiger charge is 2.22. The van der Waals surface area contributed by atoms with Crippen LogP contribution < -0.4 is 14.8 Å². The van der Waals surface area contributed by atoms with Crippen LogP contribution in [0.1, 0.15) is 13.8 Å². The van der Waals surface area contributed by atoms with Crippen molar-refractivity contribution in [3.05, 3.63) is 18.2 Å². The third kappa shape index (κ3) is 2.67. The van der Waals surface area contributed by atoms with Crippen LogP contribution >= 0.6 is 0 Å². The second-order valence-corrected chi connectivity index (χ2v) is 4.56. The van der Waals surface area contributed by atoms with Crippen molar-refractivity contribution in [2.24, 2.45) is 5.92 Å². The Morgan fingerprint density at radius 3 is 2.56 bits per heavy atom. The zero-order valence-corrected chi connectivity index (χ0v) is 10.5. The molecule has 1 aromatic carbocycles. The van der Waals surface area contributed by atoms with Gasteiger partial charge in [-0.05, 0) is 18.1 Å². The fourth-order valence-corrected chi connectivity index (χ4v) is 1.83. The van der Waals surface area contributed by atoms with Gasteiger partial charge in [0.25, 0.3) is 0 Å². The van der Waals surface area contributed by atoms with Gasteiger partial charge in [-0.3, -0.25) is 0 Å². The maximum absolute atomic E-state index is 11.1. The van der Waals surface area contributed by atoms with Crippen molar-refractivity contribution >= 4 is 11.7 Å².